The molecule has 9 nitrogen and oxygen atoms in total. The third-order valence-electron chi connectivity index (χ3n) is 6.06. The second-order valence-electron chi connectivity index (χ2n) is 9.03. The van der Waals surface area contributed by atoms with E-state index in [9.17, 15) is 4.79 Å². The van der Waals surface area contributed by atoms with Gasteiger partial charge in [-0.1, -0.05) is 12.1 Å². The highest BCUT2D eigenvalue weighted by Gasteiger charge is 2.29. The zero-order chi connectivity index (χ0) is 23.9. The van der Waals surface area contributed by atoms with E-state index in [1.54, 1.807) is 24.2 Å². The number of fused-ring (bicyclic) bond motifs is 2. The number of anilines is 2. The number of rotatable bonds is 7. The van der Waals surface area contributed by atoms with Gasteiger partial charge >= 0.3 is 0 Å². The fourth-order valence-electron chi connectivity index (χ4n) is 4.12. The predicted octanol–water partition coefficient (Wildman–Crippen LogP) is 3.80. The number of H-pyrrole nitrogens is 1. The summed E-state index contributed by atoms with van der Waals surface area (Å²) in [5.74, 6) is 0.488. The van der Waals surface area contributed by atoms with Crippen LogP contribution in [0, 0.1) is 0 Å². The van der Waals surface area contributed by atoms with Gasteiger partial charge in [-0.05, 0) is 26.0 Å². The van der Waals surface area contributed by atoms with Gasteiger partial charge in [0.1, 0.15) is 17.9 Å². The number of aromatic nitrogens is 4. The lowest BCUT2D eigenvalue weighted by molar-refractivity contribution is -0.0146. The number of aryl methyl sites for hydroxylation is 1. The lowest BCUT2D eigenvalue weighted by Crippen LogP contribution is -2.31. The van der Waals surface area contributed by atoms with Crippen molar-refractivity contribution in [1.82, 2.24) is 25.1 Å². The Hall–Kier alpha value is -3.85. The fourth-order valence-corrected chi connectivity index (χ4v) is 4.12. The van der Waals surface area contributed by atoms with Crippen LogP contribution in [0.4, 0.5) is 11.4 Å². The Morgan fingerprint density at radius 1 is 1.26 bits per heavy atom. The van der Waals surface area contributed by atoms with Crippen LogP contribution in [0.25, 0.3) is 22.2 Å². The van der Waals surface area contributed by atoms with Crippen LogP contribution < -0.4 is 15.4 Å². The molecule has 0 spiro atoms. The Morgan fingerprint density at radius 2 is 2.12 bits per heavy atom. The van der Waals surface area contributed by atoms with Crippen molar-refractivity contribution < 1.29 is 14.3 Å². The molecule has 34 heavy (non-hydrogen) atoms. The smallest absolute Gasteiger partial charge is 0.255 e. The van der Waals surface area contributed by atoms with Crippen LogP contribution in [0.2, 0.25) is 0 Å². The Bertz CT molecular complexity index is 1370. The molecule has 9 heteroatoms. The number of nitrogens with zero attached hydrogens (tertiary/aromatic N) is 3. The number of benzene rings is 1. The molecule has 0 fully saturated rings. The highest BCUT2D eigenvalue weighted by molar-refractivity contribution is 6.07. The summed E-state index contributed by atoms with van der Waals surface area (Å²) in [6.45, 7) is 4.85. The van der Waals surface area contributed by atoms with E-state index in [0.717, 1.165) is 33.5 Å². The molecule has 4 aromatic rings. The van der Waals surface area contributed by atoms with E-state index >= 15 is 0 Å². The maximum absolute atomic E-state index is 12.9. The van der Waals surface area contributed by atoms with E-state index in [0.29, 0.717) is 36.6 Å². The van der Waals surface area contributed by atoms with Crippen molar-refractivity contribution in [3.05, 3.63) is 54.1 Å². The Kier molecular flexibility index (Phi) is 5.49. The molecular formula is C25H28N6O3. The van der Waals surface area contributed by atoms with Gasteiger partial charge in [-0.3, -0.25) is 14.5 Å². The maximum atomic E-state index is 12.9. The Morgan fingerprint density at radius 3 is 2.94 bits per heavy atom. The van der Waals surface area contributed by atoms with Crippen LogP contribution in [0.3, 0.4) is 0 Å². The summed E-state index contributed by atoms with van der Waals surface area (Å²) in [4.78, 5) is 20.7. The zero-order valence-corrected chi connectivity index (χ0v) is 19.7. The summed E-state index contributed by atoms with van der Waals surface area (Å²) in [6.07, 6.45) is 6.08. The van der Waals surface area contributed by atoms with E-state index in [2.05, 4.69) is 25.7 Å². The van der Waals surface area contributed by atoms with E-state index in [-0.39, 0.29) is 5.91 Å². The minimum Gasteiger partial charge on any atom is -0.488 e. The van der Waals surface area contributed by atoms with Gasteiger partial charge in [-0.25, -0.2) is 0 Å². The SMILES string of the molecule is COC(C)(C)COc1cnccc1-c1[nH]c2c(c1Nc1cccc3cn(C)nc13)C(=O)NCC2. The number of carbonyl (C=O) groups is 1. The van der Waals surface area contributed by atoms with Gasteiger partial charge in [0, 0.05) is 56.2 Å². The molecule has 0 atom stereocenters. The van der Waals surface area contributed by atoms with Crippen molar-refractivity contribution in [3.8, 4) is 17.0 Å². The van der Waals surface area contributed by atoms with Crippen molar-refractivity contribution in [2.45, 2.75) is 25.9 Å². The van der Waals surface area contributed by atoms with Gasteiger partial charge in [0.15, 0.2) is 0 Å². The molecule has 1 amide bonds. The van der Waals surface area contributed by atoms with Crippen LogP contribution in [0.5, 0.6) is 5.75 Å². The molecule has 1 aromatic carbocycles. The lowest BCUT2D eigenvalue weighted by atomic mass is 10.0. The van der Waals surface area contributed by atoms with Crippen molar-refractivity contribution >= 4 is 28.2 Å². The van der Waals surface area contributed by atoms with Gasteiger partial charge in [-0.15, -0.1) is 0 Å². The highest BCUT2D eigenvalue weighted by Crippen LogP contribution is 2.41. The van der Waals surface area contributed by atoms with Gasteiger partial charge in [0.25, 0.3) is 5.91 Å². The molecule has 0 bridgehead atoms. The third-order valence-corrected chi connectivity index (χ3v) is 6.06. The molecular weight excluding hydrogens is 432 g/mol. The number of carbonyl (C=O) groups excluding carboxylic acids is 1. The van der Waals surface area contributed by atoms with E-state index in [4.69, 9.17) is 9.47 Å². The first-order chi connectivity index (χ1) is 16.4. The molecule has 1 aliphatic heterocycles. The average molecular weight is 461 g/mol. The quantitative estimate of drug-likeness (QED) is 0.387. The Balaban J connectivity index is 1.63. The Labute approximate surface area is 197 Å². The number of nitrogens with one attached hydrogen (secondary N) is 3. The standard InChI is InChI=1S/C25H28N6O3/c1-25(2,33-4)14-34-19-12-26-10-8-16(19)22-23(20-17(28-22)9-11-27-24(20)32)29-18-7-5-6-15-13-31(3)30-21(15)18/h5-8,10,12-13,28-29H,9,11,14H2,1-4H3,(H,27,32). The second kappa shape index (κ2) is 8.49. The van der Waals surface area contributed by atoms with Crippen LogP contribution >= 0.6 is 0 Å². The molecule has 5 rings (SSSR count). The largest absolute Gasteiger partial charge is 0.488 e. The first-order valence-electron chi connectivity index (χ1n) is 11.2. The number of amides is 1. The molecule has 0 unspecified atom stereocenters. The summed E-state index contributed by atoms with van der Waals surface area (Å²) in [5.41, 5.74) is 4.93. The van der Waals surface area contributed by atoms with Gasteiger partial charge < -0.3 is 25.1 Å². The zero-order valence-electron chi connectivity index (χ0n) is 19.7. The summed E-state index contributed by atoms with van der Waals surface area (Å²) < 4.78 is 13.4. The van der Waals surface area contributed by atoms with Crippen LogP contribution in [0.1, 0.15) is 29.9 Å². The van der Waals surface area contributed by atoms with Crippen LogP contribution in [0.15, 0.2) is 42.9 Å². The maximum Gasteiger partial charge on any atom is 0.255 e. The van der Waals surface area contributed by atoms with E-state index in [1.807, 2.05) is 51.4 Å². The number of pyridine rings is 1. The minimum absolute atomic E-state index is 0.114. The average Bonchev–Trinajstić information content (AvgIpc) is 3.39. The summed E-state index contributed by atoms with van der Waals surface area (Å²) >= 11 is 0. The van der Waals surface area contributed by atoms with Crippen molar-refractivity contribution in [1.29, 1.82) is 0 Å². The molecule has 176 valence electrons. The normalized spacial score (nSPS) is 13.6. The lowest BCUT2D eigenvalue weighted by Gasteiger charge is -2.23. The van der Waals surface area contributed by atoms with Crippen LogP contribution in [-0.2, 0) is 18.2 Å². The number of aromatic amines is 1. The molecule has 0 saturated carbocycles. The van der Waals surface area contributed by atoms with E-state index < -0.39 is 5.60 Å². The molecule has 1 aliphatic rings. The van der Waals surface area contributed by atoms with Crippen molar-refractivity contribution in [2.24, 2.45) is 7.05 Å². The molecule has 0 aliphatic carbocycles. The number of ether oxygens (including phenoxy) is 2. The van der Waals surface area contributed by atoms with Crippen LogP contribution in [-0.4, -0.2) is 51.5 Å². The van der Waals surface area contributed by atoms with Gasteiger partial charge in [0.2, 0.25) is 0 Å². The second-order valence-corrected chi connectivity index (χ2v) is 9.03. The summed E-state index contributed by atoms with van der Waals surface area (Å²) in [6, 6.07) is 7.83. The molecule has 0 radical (unpaired) electrons. The number of hydrogen-bond acceptors (Lipinski definition) is 6. The highest BCUT2D eigenvalue weighted by atomic mass is 16.5. The van der Waals surface area contributed by atoms with Crippen molar-refractivity contribution in [3.63, 3.8) is 0 Å². The van der Waals surface area contributed by atoms with E-state index in [1.165, 1.54) is 0 Å². The fraction of sp³-hybridized carbons (Fsp3) is 0.320. The first-order valence-corrected chi connectivity index (χ1v) is 11.2. The molecule has 4 heterocycles. The molecule has 3 N–H and O–H groups in total. The van der Waals surface area contributed by atoms with Gasteiger partial charge in [0.05, 0.1) is 34.4 Å². The predicted molar refractivity (Wildman–Crippen MR) is 131 cm³/mol. The van der Waals surface area contributed by atoms with Crippen molar-refractivity contribution in [2.75, 3.05) is 25.6 Å². The topological polar surface area (TPSA) is 106 Å². The first kappa shape index (κ1) is 22.0. The monoisotopic (exact) mass is 460 g/mol. The molecule has 3 aromatic heterocycles. The number of methoxy groups -OCH3 is 1. The summed E-state index contributed by atoms with van der Waals surface area (Å²) in [5, 5.41) is 12.1. The third kappa shape index (κ3) is 3.99. The van der Waals surface area contributed by atoms with Gasteiger partial charge in [-0.2, -0.15) is 5.10 Å². The summed E-state index contributed by atoms with van der Waals surface area (Å²) in [7, 11) is 3.55. The number of hydrogen-bond donors (Lipinski definition) is 3. The minimum atomic E-state index is -0.461. The molecule has 0 saturated heterocycles.